The molecule has 0 atom stereocenters. The van der Waals surface area contributed by atoms with E-state index >= 15 is 0 Å². The number of amides is 1. The van der Waals surface area contributed by atoms with Crippen LogP contribution >= 0.6 is 39.9 Å². The van der Waals surface area contributed by atoms with Crippen LogP contribution in [0.3, 0.4) is 0 Å². The minimum absolute atomic E-state index is 0.0345. The van der Waals surface area contributed by atoms with Crippen LogP contribution in [0, 0.1) is 6.92 Å². The lowest BCUT2D eigenvalue weighted by molar-refractivity contribution is -0.274. The molecule has 14 heteroatoms. The number of halogens is 4. The third-order valence-electron chi connectivity index (χ3n) is 6.71. The number of nitrogens with one attached hydrogen (secondary N) is 1. The van der Waals surface area contributed by atoms with Gasteiger partial charge in [-0.1, -0.05) is 71.9 Å². The summed E-state index contributed by atoms with van der Waals surface area (Å²) in [5.74, 6) is 0.617. The zero-order chi connectivity index (χ0) is 33.0. The van der Waals surface area contributed by atoms with Crippen LogP contribution in [0.2, 0.25) is 0 Å². The first-order valence-electron chi connectivity index (χ1n) is 14.0. The average Bonchev–Trinajstić information content (AvgIpc) is 3.63. The molecule has 46 heavy (non-hydrogen) atoms. The monoisotopic (exact) mass is 728 g/mol. The van der Waals surface area contributed by atoms with E-state index in [4.69, 9.17) is 12.2 Å². The van der Waals surface area contributed by atoms with Gasteiger partial charge in [0.25, 0.3) is 0 Å². The normalized spacial score (nSPS) is 14.8. The number of benzene rings is 3. The number of rotatable bonds is 8. The summed E-state index contributed by atoms with van der Waals surface area (Å²) in [6.45, 7) is 6.55. The second kappa shape index (κ2) is 14.2. The molecule has 1 aliphatic heterocycles. The van der Waals surface area contributed by atoms with Crippen molar-refractivity contribution in [3.8, 4) is 22.8 Å². The number of aromatic nitrogens is 3. The molecule has 1 N–H and O–H groups in total. The summed E-state index contributed by atoms with van der Waals surface area (Å²) in [4.78, 5) is 23.5. The van der Waals surface area contributed by atoms with Gasteiger partial charge in [0.15, 0.2) is 16.1 Å². The lowest BCUT2D eigenvalue weighted by Gasteiger charge is -2.22. The summed E-state index contributed by atoms with van der Waals surface area (Å²) >= 11 is 10.5. The molecule has 3 aromatic carbocycles. The summed E-state index contributed by atoms with van der Waals surface area (Å²) in [7, 11) is 0. The predicted octanol–water partition coefficient (Wildman–Crippen LogP) is 8.01. The third-order valence-corrected chi connectivity index (χ3v) is 8.38. The third kappa shape index (κ3) is 8.42. The number of hydrogen-bond acceptors (Lipinski definition) is 6. The highest BCUT2D eigenvalue weighted by Crippen LogP contribution is 2.34. The second-order valence-corrected chi connectivity index (χ2v) is 12.9. The van der Waals surface area contributed by atoms with Gasteiger partial charge in [0.05, 0.1) is 17.1 Å². The van der Waals surface area contributed by atoms with Crippen molar-refractivity contribution in [2.45, 2.75) is 33.1 Å². The maximum absolute atomic E-state index is 12.9. The number of alkyl halides is 3. The zero-order valence-corrected chi connectivity index (χ0v) is 28.1. The molecule has 1 amide bonds. The van der Waals surface area contributed by atoms with Crippen molar-refractivity contribution in [3.05, 3.63) is 94.2 Å². The van der Waals surface area contributed by atoms with Crippen LogP contribution in [0.1, 0.15) is 36.5 Å². The Morgan fingerprint density at radius 2 is 1.93 bits per heavy atom. The summed E-state index contributed by atoms with van der Waals surface area (Å²) in [5, 5.41) is 8.40. The number of thiocarbonyl (C=S) groups is 1. The maximum atomic E-state index is 12.9. The Bertz CT molecular complexity index is 1820. The van der Waals surface area contributed by atoms with Crippen LogP contribution in [0.25, 0.3) is 23.2 Å². The summed E-state index contributed by atoms with van der Waals surface area (Å²) in [6, 6.07) is 19.0. The van der Waals surface area contributed by atoms with E-state index in [0.717, 1.165) is 32.4 Å². The number of nitrogens with zero attached hydrogens (tertiary/aromatic N) is 5. The van der Waals surface area contributed by atoms with Crippen molar-refractivity contribution < 1.29 is 22.7 Å². The van der Waals surface area contributed by atoms with Crippen LogP contribution in [0.5, 0.6) is 5.75 Å². The first-order valence-corrected chi connectivity index (χ1v) is 16.2. The van der Waals surface area contributed by atoms with E-state index in [2.05, 4.69) is 61.0 Å². The number of carbonyl (C=O) groups excluding carboxylic acids is 1. The lowest BCUT2D eigenvalue weighted by atomic mass is 9.99. The summed E-state index contributed by atoms with van der Waals surface area (Å²) < 4.78 is 43.6. The van der Waals surface area contributed by atoms with E-state index in [-0.39, 0.29) is 22.7 Å². The molecule has 0 aliphatic carbocycles. The van der Waals surface area contributed by atoms with Gasteiger partial charge in [-0.25, -0.2) is 9.67 Å². The van der Waals surface area contributed by atoms with Crippen LogP contribution in [0.4, 0.5) is 18.9 Å². The molecule has 0 bridgehead atoms. The maximum Gasteiger partial charge on any atom is 0.573 e. The molecule has 0 saturated carbocycles. The second-order valence-electron chi connectivity index (χ2n) is 10.6. The largest absolute Gasteiger partial charge is 0.573 e. The van der Waals surface area contributed by atoms with E-state index in [0.29, 0.717) is 29.0 Å². The Hall–Kier alpha value is -4.01. The number of thioether (sulfide) groups is 1. The number of ether oxygens (including phenoxy) is 1. The minimum atomic E-state index is -4.76. The molecular formula is C32H28BrF3N6O2S2. The number of carbonyl (C=O) groups is 1. The average molecular weight is 730 g/mol. The SMILES string of the molecule is Cc1ccc(C(C)C)c(N2C(=O)CS/C2=N\C(=S)NC/C(Br)=C\c2cccc(-c3ncn(-c4ccc(OC(F)(F)F)cc4)n3)c2)c1. The number of amidine groups is 1. The smallest absolute Gasteiger partial charge is 0.406 e. The van der Waals surface area contributed by atoms with Gasteiger partial charge < -0.3 is 10.1 Å². The fraction of sp³-hybridized carbons (Fsp3) is 0.219. The van der Waals surface area contributed by atoms with Crippen molar-refractivity contribution >= 4 is 67.9 Å². The fourth-order valence-electron chi connectivity index (χ4n) is 4.62. The van der Waals surface area contributed by atoms with Gasteiger partial charge in [-0.15, -0.1) is 18.3 Å². The molecule has 2 heterocycles. The quantitative estimate of drug-likeness (QED) is 0.184. The Morgan fingerprint density at radius 3 is 2.65 bits per heavy atom. The highest BCUT2D eigenvalue weighted by atomic mass is 79.9. The van der Waals surface area contributed by atoms with Gasteiger partial charge in [0.2, 0.25) is 5.91 Å². The standard InChI is InChI=1S/C32H28BrF3N6O2S2/c1-19(2)26-12-7-20(3)13-27(26)42-28(43)17-46-31(42)39-30(45)37-16-23(33)15-21-5-4-6-22(14-21)29-38-18-41(40-29)24-8-10-25(11-9-24)44-32(34,35)36/h4-15,18-19H,16-17H2,1-3H3,(H,37,45)/b23-15+,39-31-. The van der Waals surface area contributed by atoms with E-state index in [9.17, 15) is 18.0 Å². The molecular weight excluding hydrogens is 701 g/mol. The van der Waals surface area contributed by atoms with Crippen LogP contribution < -0.4 is 15.0 Å². The van der Waals surface area contributed by atoms with Crippen molar-refractivity contribution in [1.29, 1.82) is 0 Å². The van der Waals surface area contributed by atoms with Crippen molar-refractivity contribution in [1.82, 2.24) is 20.1 Å². The summed E-state index contributed by atoms with van der Waals surface area (Å²) in [5.41, 5.74) is 5.11. The first kappa shape index (κ1) is 33.4. The van der Waals surface area contributed by atoms with Crippen molar-refractivity contribution in [3.63, 3.8) is 0 Å². The molecule has 4 aromatic rings. The van der Waals surface area contributed by atoms with Crippen LogP contribution in [0.15, 0.2) is 82.5 Å². The minimum Gasteiger partial charge on any atom is -0.406 e. The van der Waals surface area contributed by atoms with Gasteiger partial charge in [-0.2, -0.15) is 4.99 Å². The van der Waals surface area contributed by atoms with Gasteiger partial charge >= 0.3 is 6.36 Å². The highest BCUT2D eigenvalue weighted by molar-refractivity contribution is 9.11. The van der Waals surface area contributed by atoms with Gasteiger partial charge in [0, 0.05) is 16.6 Å². The predicted molar refractivity (Wildman–Crippen MR) is 184 cm³/mol. The molecule has 1 aliphatic rings. The Labute approximate surface area is 281 Å². The van der Waals surface area contributed by atoms with Gasteiger partial charge in [-0.05, 0) is 84.2 Å². The molecule has 0 unspecified atom stereocenters. The van der Waals surface area contributed by atoms with Crippen molar-refractivity contribution in [2.24, 2.45) is 4.99 Å². The van der Waals surface area contributed by atoms with Crippen molar-refractivity contribution in [2.75, 3.05) is 17.2 Å². The number of hydrogen-bond donors (Lipinski definition) is 1. The highest BCUT2D eigenvalue weighted by Gasteiger charge is 2.32. The number of aryl methyl sites for hydroxylation is 1. The van der Waals surface area contributed by atoms with E-state index in [1.807, 2.05) is 49.4 Å². The lowest BCUT2D eigenvalue weighted by Crippen LogP contribution is -2.32. The number of anilines is 1. The number of aliphatic imine (C=N–C) groups is 1. The Kier molecular flexibility index (Phi) is 10.3. The summed E-state index contributed by atoms with van der Waals surface area (Å²) in [6.07, 6.45) is -1.35. The van der Waals surface area contributed by atoms with Crippen LogP contribution in [-0.2, 0) is 4.79 Å². The topological polar surface area (TPSA) is 84.6 Å². The molecule has 1 aromatic heterocycles. The van der Waals surface area contributed by atoms with Gasteiger partial charge in [0.1, 0.15) is 12.1 Å². The molecule has 1 saturated heterocycles. The van der Waals surface area contributed by atoms with E-state index in [1.165, 1.54) is 47.0 Å². The molecule has 0 spiro atoms. The van der Waals surface area contributed by atoms with E-state index in [1.54, 1.807) is 4.90 Å². The molecule has 5 rings (SSSR count). The zero-order valence-electron chi connectivity index (χ0n) is 24.9. The molecule has 238 valence electrons. The van der Waals surface area contributed by atoms with E-state index < -0.39 is 6.36 Å². The van der Waals surface area contributed by atoms with Gasteiger partial charge in [-0.3, -0.25) is 9.69 Å². The molecule has 0 radical (unpaired) electrons. The van der Waals surface area contributed by atoms with Crippen LogP contribution in [-0.4, -0.2) is 49.6 Å². The molecule has 8 nitrogen and oxygen atoms in total. The first-order chi connectivity index (χ1) is 21.9. The Morgan fingerprint density at radius 1 is 1.17 bits per heavy atom. The fourth-order valence-corrected chi connectivity index (χ4v) is 6.11. The molecule has 1 fully saturated rings. The Balaban J connectivity index is 1.24.